The molecule has 0 aromatic carbocycles. The van der Waals surface area contributed by atoms with Crippen LogP contribution in [0, 0.1) is 0 Å². The van der Waals surface area contributed by atoms with Gasteiger partial charge in [0.05, 0.1) is 13.2 Å². The van der Waals surface area contributed by atoms with Crippen molar-refractivity contribution in [2.75, 3.05) is 31.2 Å². The van der Waals surface area contributed by atoms with Gasteiger partial charge in [-0.3, -0.25) is 0 Å². The number of nitrogens with zero attached hydrogens (tertiary/aromatic N) is 3. The molecule has 4 nitrogen and oxygen atoms in total. The second-order valence-electron chi connectivity index (χ2n) is 4.53. The predicted molar refractivity (Wildman–Crippen MR) is 61.7 cm³/mol. The van der Waals surface area contributed by atoms with E-state index in [9.17, 15) is 0 Å². The molecule has 0 atom stereocenters. The van der Waals surface area contributed by atoms with E-state index in [1.807, 2.05) is 0 Å². The van der Waals surface area contributed by atoms with E-state index in [0.717, 1.165) is 32.1 Å². The molecule has 1 aliphatic heterocycles. The zero-order valence-corrected chi connectivity index (χ0v) is 9.43. The first kappa shape index (κ1) is 10.0. The van der Waals surface area contributed by atoms with Gasteiger partial charge >= 0.3 is 0 Å². The van der Waals surface area contributed by atoms with E-state index >= 15 is 0 Å². The number of hydrogen-bond acceptors (Lipinski definition) is 4. The van der Waals surface area contributed by atoms with Gasteiger partial charge in [0.2, 0.25) is 0 Å². The first-order valence-electron chi connectivity index (χ1n) is 6.08. The van der Waals surface area contributed by atoms with Crippen LogP contribution >= 0.6 is 0 Å². The summed E-state index contributed by atoms with van der Waals surface area (Å²) >= 11 is 0. The highest BCUT2D eigenvalue weighted by Crippen LogP contribution is 2.35. The second kappa shape index (κ2) is 4.37. The van der Waals surface area contributed by atoms with Gasteiger partial charge in [-0.15, -0.1) is 0 Å². The van der Waals surface area contributed by atoms with Crippen LogP contribution in [0.1, 0.15) is 30.9 Å². The van der Waals surface area contributed by atoms with Crippen molar-refractivity contribution < 1.29 is 4.74 Å². The average Bonchev–Trinajstić information content (AvgIpc) is 2.28. The van der Waals surface area contributed by atoms with Gasteiger partial charge in [-0.1, -0.05) is 6.42 Å². The van der Waals surface area contributed by atoms with Crippen molar-refractivity contribution in [3.8, 4) is 0 Å². The van der Waals surface area contributed by atoms with Gasteiger partial charge in [0.1, 0.15) is 12.1 Å². The van der Waals surface area contributed by atoms with Gasteiger partial charge in [-0.2, -0.15) is 0 Å². The molecule has 2 heterocycles. The molecule has 0 N–H and O–H groups in total. The summed E-state index contributed by atoms with van der Waals surface area (Å²) < 4.78 is 5.35. The molecule has 86 valence electrons. The topological polar surface area (TPSA) is 38.2 Å². The van der Waals surface area contributed by atoms with Gasteiger partial charge < -0.3 is 9.64 Å². The summed E-state index contributed by atoms with van der Waals surface area (Å²) in [6.07, 6.45) is 5.64. The van der Waals surface area contributed by atoms with E-state index in [4.69, 9.17) is 4.74 Å². The Morgan fingerprint density at radius 2 is 2.00 bits per heavy atom. The van der Waals surface area contributed by atoms with Crippen LogP contribution < -0.4 is 4.90 Å². The fourth-order valence-corrected chi connectivity index (χ4v) is 2.25. The lowest BCUT2D eigenvalue weighted by Gasteiger charge is -2.29. The summed E-state index contributed by atoms with van der Waals surface area (Å²) in [4.78, 5) is 11.0. The Morgan fingerprint density at radius 3 is 2.69 bits per heavy atom. The number of hydrogen-bond donors (Lipinski definition) is 0. The van der Waals surface area contributed by atoms with Crippen LogP contribution in [0.4, 0.5) is 5.82 Å². The summed E-state index contributed by atoms with van der Waals surface area (Å²) in [5, 5.41) is 0. The monoisotopic (exact) mass is 219 g/mol. The third-order valence-electron chi connectivity index (χ3n) is 3.53. The zero-order valence-electron chi connectivity index (χ0n) is 9.43. The third kappa shape index (κ3) is 1.89. The Bertz CT molecular complexity index is 359. The minimum absolute atomic E-state index is 0.683. The maximum absolute atomic E-state index is 5.35. The molecule has 1 saturated carbocycles. The van der Waals surface area contributed by atoms with E-state index in [2.05, 4.69) is 20.9 Å². The van der Waals surface area contributed by atoms with Crippen molar-refractivity contribution in [3.05, 3.63) is 18.1 Å². The Balaban J connectivity index is 1.77. The predicted octanol–water partition coefficient (Wildman–Crippen LogP) is 1.58. The molecular formula is C12H17N3O. The summed E-state index contributed by atoms with van der Waals surface area (Å²) in [7, 11) is 0. The number of morpholine rings is 1. The molecule has 3 rings (SSSR count). The highest BCUT2D eigenvalue weighted by Gasteiger charge is 2.22. The summed E-state index contributed by atoms with van der Waals surface area (Å²) in [6.45, 7) is 3.51. The van der Waals surface area contributed by atoms with Crippen molar-refractivity contribution >= 4 is 5.82 Å². The van der Waals surface area contributed by atoms with Crippen LogP contribution in [0.5, 0.6) is 0 Å². The molecular weight excluding hydrogens is 202 g/mol. The molecule has 1 aromatic heterocycles. The molecule has 1 aromatic rings. The highest BCUT2D eigenvalue weighted by atomic mass is 16.5. The lowest BCUT2D eigenvalue weighted by molar-refractivity contribution is 0.122. The van der Waals surface area contributed by atoms with Crippen molar-refractivity contribution in [2.24, 2.45) is 0 Å². The summed E-state index contributed by atoms with van der Waals surface area (Å²) in [5.74, 6) is 1.75. The zero-order chi connectivity index (χ0) is 10.8. The van der Waals surface area contributed by atoms with Crippen molar-refractivity contribution in [1.82, 2.24) is 9.97 Å². The van der Waals surface area contributed by atoms with Crippen LogP contribution in [0.15, 0.2) is 12.4 Å². The number of rotatable bonds is 2. The molecule has 0 spiro atoms. The second-order valence-corrected chi connectivity index (χ2v) is 4.53. The van der Waals surface area contributed by atoms with Gasteiger partial charge in [0.15, 0.2) is 0 Å². The lowest BCUT2D eigenvalue weighted by atomic mass is 9.83. The largest absolute Gasteiger partial charge is 0.378 e. The maximum atomic E-state index is 5.35. The Hall–Kier alpha value is -1.16. The normalized spacial score (nSPS) is 21.9. The maximum Gasteiger partial charge on any atom is 0.132 e. The van der Waals surface area contributed by atoms with Crippen LogP contribution in [-0.2, 0) is 4.74 Å². The molecule has 0 radical (unpaired) electrons. The molecule has 2 fully saturated rings. The molecule has 0 amide bonds. The van der Waals surface area contributed by atoms with Gasteiger partial charge in [-0.05, 0) is 12.8 Å². The third-order valence-corrected chi connectivity index (χ3v) is 3.53. The van der Waals surface area contributed by atoms with Crippen LogP contribution in [-0.4, -0.2) is 36.3 Å². The highest BCUT2D eigenvalue weighted by molar-refractivity contribution is 5.40. The van der Waals surface area contributed by atoms with E-state index in [1.165, 1.54) is 25.0 Å². The molecule has 16 heavy (non-hydrogen) atoms. The van der Waals surface area contributed by atoms with Crippen LogP contribution in [0.2, 0.25) is 0 Å². The van der Waals surface area contributed by atoms with Crippen molar-refractivity contribution in [2.45, 2.75) is 25.2 Å². The van der Waals surface area contributed by atoms with E-state index in [1.54, 1.807) is 6.33 Å². The quantitative estimate of drug-likeness (QED) is 0.757. The minimum atomic E-state index is 0.683. The molecule has 1 aliphatic carbocycles. The lowest BCUT2D eigenvalue weighted by Crippen LogP contribution is -2.36. The van der Waals surface area contributed by atoms with Crippen LogP contribution in [0.25, 0.3) is 0 Å². The Kier molecular flexibility index (Phi) is 2.74. The molecule has 0 bridgehead atoms. The molecule has 1 saturated heterocycles. The minimum Gasteiger partial charge on any atom is -0.378 e. The SMILES string of the molecule is c1nc(C2CCC2)cc(N2CCOCC2)n1. The van der Waals surface area contributed by atoms with Gasteiger partial charge in [0, 0.05) is 30.8 Å². The molecule has 2 aliphatic rings. The van der Waals surface area contributed by atoms with E-state index in [0.29, 0.717) is 5.92 Å². The molecule has 4 heteroatoms. The van der Waals surface area contributed by atoms with Crippen LogP contribution in [0.3, 0.4) is 0 Å². The summed E-state index contributed by atoms with van der Waals surface area (Å²) in [6, 6.07) is 2.16. The van der Waals surface area contributed by atoms with Gasteiger partial charge in [-0.25, -0.2) is 9.97 Å². The Morgan fingerprint density at radius 1 is 1.19 bits per heavy atom. The first-order valence-corrected chi connectivity index (χ1v) is 6.08. The van der Waals surface area contributed by atoms with E-state index < -0.39 is 0 Å². The average molecular weight is 219 g/mol. The Labute approximate surface area is 95.7 Å². The van der Waals surface area contributed by atoms with Gasteiger partial charge in [0.25, 0.3) is 0 Å². The summed E-state index contributed by atoms with van der Waals surface area (Å²) in [5.41, 5.74) is 1.22. The number of aromatic nitrogens is 2. The number of anilines is 1. The fraction of sp³-hybridized carbons (Fsp3) is 0.667. The van der Waals surface area contributed by atoms with Crippen molar-refractivity contribution in [1.29, 1.82) is 0 Å². The molecule has 0 unspecified atom stereocenters. The fourth-order valence-electron chi connectivity index (χ4n) is 2.25. The first-order chi connectivity index (χ1) is 7.93. The standard InChI is InChI=1S/C12H17N3O/c1-2-10(3-1)11-8-12(14-9-13-11)15-4-6-16-7-5-15/h8-10H,1-7H2. The smallest absolute Gasteiger partial charge is 0.132 e. The number of ether oxygens (including phenoxy) is 1. The van der Waals surface area contributed by atoms with Crippen molar-refractivity contribution in [3.63, 3.8) is 0 Å². The van der Waals surface area contributed by atoms with E-state index in [-0.39, 0.29) is 0 Å².